The zero-order chi connectivity index (χ0) is 13.8. The van der Waals surface area contributed by atoms with Crippen LogP contribution in [0.2, 0.25) is 0 Å². The largest absolute Gasteiger partial charge is 0.389 e. The molecule has 4 nitrogen and oxygen atoms in total. The lowest BCUT2D eigenvalue weighted by molar-refractivity contribution is -0.0166. The fraction of sp³-hybridized carbons (Fsp3) is 1.00. The summed E-state index contributed by atoms with van der Waals surface area (Å²) in [4.78, 5) is 2.26. The van der Waals surface area contributed by atoms with Crippen LogP contribution in [0.1, 0.15) is 32.1 Å². The molecule has 0 amide bonds. The van der Waals surface area contributed by atoms with Crippen LogP contribution in [0, 0.1) is 17.8 Å². The second kappa shape index (κ2) is 7.21. The summed E-state index contributed by atoms with van der Waals surface area (Å²) in [6.45, 7) is 5.48. The Morgan fingerprint density at radius 2 is 2.05 bits per heavy atom. The van der Waals surface area contributed by atoms with Gasteiger partial charge < -0.3 is 14.6 Å². The standard InChI is InChI=1S/C16H29NO3/c18-16(11-17-4-7-19-8-5-17)12-20-6-3-15-10-13-1-2-14(15)9-13/h13-16,18H,1-12H2/t13-,14-,15-,16+/m0/s1. The van der Waals surface area contributed by atoms with Gasteiger partial charge in [0.05, 0.1) is 25.9 Å². The fourth-order valence-electron chi connectivity index (χ4n) is 4.32. The van der Waals surface area contributed by atoms with Gasteiger partial charge in [0, 0.05) is 26.2 Å². The van der Waals surface area contributed by atoms with E-state index in [1.54, 1.807) is 0 Å². The number of morpholine rings is 1. The van der Waals surface area contributed by atoms with Gasteiger partial charge in [0.25, 0.3) is 0 Å². The predicted molar refractivity (Wildman–Crippen MR) is 77.6 cm³/mol. The molecule has 2 aliphatic carbocycles. The average Bonchev–Trinajstić information content (AvgIpc) is 3.07. The molecule has 4 heteroatoms. The molecule has 0 unspecified atom stereocenters. The summed E-state index contributed by atoms with van der Waals surface area (Å²) < 4.78 is 11.0. The van der Waals surface area contributed by atoms with Crippen LogP contribution in [0.5, 0.6) is 0 Å². The smallest absolute Gasteiger partial charge is 0.0900 e. The summed E-state index contributed by atoms with van der Waals surface area (Å²) in [5.41, 5.74) is 0. The van der Waals surface area contributed by atoms with Crippen molar-refractivity contribution in [3.8, 4) is 0 Å². The van der Waals surface area contributed by atoms with E-state index in [1.165, 1.54) is 32.1 Å². The molecule has 0 spiro atoms. The summed E-state index contributed by atoms with van der Waals surface area (Å²) in [5, 5.41) is 9.99. The molecule has 4 atom stereocenters. The molecule has 2 bridgehead atoms. The minimum absolute atomic E-state index is 0.354. The first-order chi connectivity index (χ1) is 9.81. The van der Waals surface area contributed by atoms with Crippen LogP contribution >= 0.6 is 0 Å². The van der Waals surface area contributed by atoms with Crippen molar-refractivity contribution in [3.63, 3.8) is 0 Å². The second-order valence-electron chi connectivity index (χ2n) is 6.87. The van der Waals surface area contributed by atoms with E-state index in [9.17, 15) is 5.11 Å². The van der Waals surface area contributed by atoms with Crippen molar-refractivity contribution < 1.29 is 14.6 Å². The maximum atomic E-state index is 9.99. The van der Waals surface area contributed by atoms with E-state index in [4.69, 9.17) is 9.47 Å². The minimum atomic E-state index is -0.354. The van der Waals surface area contributed by atoms with Gasteiger partial charge in [0.2, 0.25) is 0 Å². The minimum Gasteiger partial charge on any atom is -0.389 e. The molecule has 1 aliphatic heterocycles. The Morgan fingerprint density at radius 1 is 1.20 bits per heavy atom. The van der Waals surface area contributed by atoms with Crippen molar-refractivity contribution in [1.82, 2.24) is 4.90 Å². The molecule has 0 radical (unpaired) electrons. The molecule has 0 aromatic carbocycles. The first kappa shape index (κ1) is 14.8. The molecular formula is C16H29NO3. The molecule has 116 valence electrons. The number of hydrogen-bond donors (Lipinski definition) is 1. The normalized spacial score (nSPS) is 35.5. The van der Waals surface area contributed by atoms with E-state index in [1.807, 2.05) is 0 Å². The van der Waals surface area contributed by atoms with Crippen LogP contribution < -0.4 is 0 Å². The van der Waals surface area contributed by atoms with E-state index in [0.29, 0.717) is 6.61 Å². The maximum Gasteiger partial charge on any atom is 0.0900 e. The summed E-state index contributed by atoms with van der Waals surface area (Å²) in [7, 11) is 0. The van der Waals surface area contributed by atoms with E-state index < -0.39 is 0 Å². The van der Waals surface area contributed by atoms with Crippen molar-refractivity contribution in [2.24, 2.45) is 17.8 Å². The van der Waals surface area contributed by atoms with Gasteiger partial charge in [-0.25, -0.2) is 0 Å². The van der Waals surface area contributed by atoms with Crippen molar-refractivity contribution in [2.45, 2.75) is 38.2 Å². The van der Waals surface area contributed by atoms with Crippen LogP contribution in [0.3, 0.4) is 0 Å². The van der Waals surface area contributed by atoms with Gasteiger partial charge in [-0.05, 0) is 43.4 Å². The van der Waals surface area contributed by atoms with Crippen molar-refractivity contribution in [3.05, 3.63) is 0 Å². The molecule has 2 saturated carbocycles. The lowest BCUT2D eigenvalue weighted by Gasteiger charge is -2.28. The Kier molecular flexibility index (Phi) is 5.32. The highest BCUT2D eigenvalue weighted by molar-refractivity contribution is 4.89. The van der Waals surface area contributed by atoms with Crippen LogP contribution in [-0.2, 0) is 9.47 Å². The Labute approximate surface area is 122 Å². The molecule has 1 saturated heterocycles. The highest BCUT2D eigenvalue weighted by Crippen LogP contribution is 2.49. The molecular weight excluding hydrogens is 254 g/mol. The maximum absolute atomic E-state index is 9.99. The zero-order valence-electron chi connectivity index (χ0n) is 12.5. The highest BCUT2D eigenvalue weighted by atomic mass is 16.5. The van der Waals surface area contributed by atoms with Gasteiger partial charge in [-0.2, -0.15) is 0 Å². The van der Waals surface area contributed by atoms with Crippen LogP contribution in [0.4, 0.5) is 0 Å². The van der Waals surface area contributed by atoms with Gasteiger partial charge >= 0.3 is 0 Å². The monoisotopic (exact) mass is 283 g/mol. The van der Waals surface area contributed by atoms with Gasteiger partial charge in [-0.1, -0.05) is 6.42 Å². The number of ether oxygens (including phenoxy) is 2. The average molecular weight is 283 g/mol. The molecule has 1 N–H and O–H groups in total. The SMILES string of the molecule is O[C@@H](COCC[C@H]1C[C@H]2CC[C@H]1C2)CN1CCOCC1. The number of nitrogens with zero attached hydrogens (tertiary/aromatic N) is 1. The first-order valence-corrected chi connectivity index (χ1v) is 8.37. The lowest BCUT2D eigenvalue weighted by atomic mass is 9.87. The van der Waals surface area contributed by atoms with Crippen molar-refractivity contribution >= 4 is 0 Å². The van der Waals surface area contributed by atoms with Gasteiger partial charge in [0.15, 0.2) is 0 Å². The zero-order valence-corrected chi connectivity index (χ0v) is 12.5. The Bertz CT molecular complexity index is 293. The van der Waals surface area contributed by atoms with E-state index in [2.05, 4.69) is 4.90 Å². The summed E-state index contributed by atoms with van der Waals surface area (Å²) in [6, 6.07) is 0. The Hall–Kier alpha value is -0.160. The highest BCUT2D eigenvalue weighted by Gasteiger charge is 2.38. The van der Waals surface area contributed by atoms with E-state index in [0.717, 1.165) is 57.2 Å². The quantitative estimate of drug-likeness (QED) is 0.719. The first-order valence-electron chi connectivity index (χ1n) is 8.37. The van der Waals surface area contributed by atoms with Crippen LogP contribution in [-0.4, -0.2) is 62.2 Å². The fourth-order valence-corrected chi connectivity index (χ4v) is 4.32. The van der Waals surface area contributed by atoms with Crippen molar-refractivity contribution in [1.29, 1.82) is 0 Å². The molecule has 1 heterocycles. The Balaban J connectivity index is 1.24. The summed E-state index contributed by atoms with van der Waals surface area (Å²) in [5.74, 6) is 2.92. The molecule has 3 fully saturated rings. The molecule has 0 aromatic rings. The number of hydrogen-bond acceptors (Lipinski definition) is 4. The topological polar surface area (TPSA) is 41.9 Å². The van der Waals surface area contributed by atoms with Crippen molar-refractivity contribution in [2.75, 3.05) is 46.1 Å². The van der Waals surface area contributed by atoms with Gasteiger partial charge in [-0.15, -0.1) is 0 Å². The second-order valence-corrected chi connectivity index (χ2v) is 6.87. The summed E-state index contributed by atoms with van der Waals surface area (Å²) >= 11 is 0. The van der Waals surface area contributed by atoms with Crippen LogP contribution in [0.25, 0.3) is 0 Å². The number of aliphatic hydroxyl groups excluding tert-OH is 1. The number of fused-ring (bicyclic) bond motifs is 2. The molecule has 3 aliphatic rings. The third kappa shape index (κ3) is 3.94. The molecule has 3 rings (SSSR count). The Morgan fingerprint density at radius 3 is 2.75 bits per heavy atom. The number of aliphatic hydroxyl groups is 1. The lowest BCUT2D eigenvalue weighted by Crippen LogP contribution is -2.42. The van der Waals surface area contributed by atoms with Gasteiger partial charge in [-0.3, -0.25) is 4.90 Å². The third-order valence-corrected chi connectivity index (χ3v) is 5.40. The van der Waals surface area contributed by atoms with Gasteiger partial charge in [0.1, 0.15) is 0 Å². The van der Waals surface area contributed by atoms with E-state index in [-0.39, 0.29) is 6.10 Å². The summed E-state index contributed by atoms with van der Waals surface area (Å²) in [6.07, 6.45) is 6.68. The van der Waals surface area contributed by atoms with E-state index >= 15 is 0 Å². The predicted octanol–water partition coefficient (Wildman–Crippen LogP) is 1.52. The third-order valence-electron chi connectivity index (χ3n) is 5.40. The molecule has 20 heavy (non-hydrogen) atoms. The van der Waals surface area contributed by atoms with Crippen LogP contribution in [0.15, 0.2) is 0 Å². The number of rotatable bonds is 7. The number of β-amino-alcohol motifs (C(OH)–C–C–N with tert-alkyl or cyclic N) is 1. The molecule has 0 aromatic heterocycles.